The Bertz CT molecular complexity index is 357. The number of nitrogens with zero attached hydrogens (tertiary/aromatic N) is 1. The number of morpholine rings is 1. The van der Waals surface area contributed by atoms with E-state index in [0.29, 0.717) is 5.92 Å². The van der Waals surface area contributed by atoms with Crippen molar-refractivity contribution >= 4 is 11.4 Å². The van der Waals surface area contributed by atoms with Crippen LogP contribution in [0, 0.1) is 0 Å². The normalized spacial score (nSPS) is 16.8. The Labute approximate surface area is 97.2 Å². The summed E-state index contributed by atoms with van der Waals surface area (Å²) in [6.07, 6.45) is 0. The van der Waals surface area contributed by atoms with Gasteiger partial charge in [0.25, 0.3) is 0 Å². The average molecular weight is 220 g/mol. The molecule has 1 aromatic rings. The molecule has 88 valence electrons. The Morgan fingerprint density at radius 1 is 1.25 bits per heavy atom. The van der Waals surface area contributed by atoms with Crippen LogP contribution in [0.25, 0.3) is 0 Å². The molecule has 3 heteroatoms. The van der Waals surface area contributed by atoms with Crippen LogP contribution in [0.5, 0.6) is 0 Å². The third-order valence-electron chi connectivity index (χ3n) is 3.07. The first-order valence-electron chi connectivity index (χ1n) is 5.90. The number of hydrogen-bond donors (Lipinski definition) is 1. The first-order chi connectivity index (χ1) is 7.68. The highest BCUT2D eigenvalue weighted by atomic mass is 16.5. The third kappa shape index (κ3) is 2.30. The molecular formula is C13H20N2O. The quantitative estimate of drug-likeness (QED) is 0.777. The summed E-state index contributed by atoms with van der Waals surface area (Å²) < 4.78 is 5.36. The van der Waals surface area contributed by atoms with Crippen LogP contribution in [0.1, 0.15) is 25.3 Å². The zero-order valence-corrected chi connectivity index (χ0v) is 10.1. The molecule has 0 radical (unpaired) electrons. The minimum Gasteiger partial charge on any atom is -0.397 e. The van der Waals surface area contributed by atoms with Gasteiger partial charge in [0.2, 0.25) is 0 Å². The highest BCUT2D eigenvalue weighted by Crippen LogP contribution is 2.28. The summed E-state index contributed by atoms with van der Waals surface area (Å²) in [6, 6.07) is 6.34. The number of ether oxygens (including phenoxy) is 1. The fourth-order valence-electron chi connectivity index (χ4n) is 2.00. The van der Waals surface area contributed by atoms with Gasteiger partial charge in [0.1, 0.15) is 0 Å². The standard InChI is InChI=1S/C13H20N2O/c1-10(2)11-3-4-12(14)13(9-11)15-5-7-16-8-6-15/h3-4,9-10H,5-8,14H2,1-2H3. The van der Waals surface area contributed by atoms with Crippen molar-refractivity contribution in [1.29, 1.82) is 0 Å². The fourth-order valence-corrected chi connectivity index (χ4v) is 2.00. The lowest BCUT2D eigenvalue weighted by Crippen LogP contribution is -2.36. The van der Waals surface area contributed by atoms with Gasteiger partial charge in [0.15, 0.2) is 0 Å². The molecule has 0 aliphatic carbocycles. The van der Waals surface area contributed by atoms with Crippen molar-refractivity contribution in [2.45, 2.75) is 19.8 Å². The maximum atomic E-state index is 6.04. The van der Waals surface area contributed by atoms with E-state index >= 15 is 0 Å². The minimum atomic E-state index is 0.542. The van der Waals surface area contributed by atoms with E-state index in [1.807, 2.05) is 6.07 Å². The van der Waals surface area contributed by atoms with E-state index in [-0.39, 0.29) is 0 Å². The lowest BCUT2D eigenvalue weighted by molar-refractivity contribution is 0.123. The summed E-state index contributed by atoms with van der Waals surface area (Å²) in [4.78, 5) is 2.31. The smallest absolute Gasteiger partial charge is 0.0642 e. The van der Waals surface area contributed by atoms with Crippen molar-refractivity contribution < 1.29 is 4.74 Å². The SMILES string of the molecule is CC(C)c1ccc(N)c(N2CCOCC2)c1. The zero-order chi connectivity index (χ0) is 11.5. The second-order valence-electron chi connectivity index (χ2n) is 4.57. The zero-order valence-electron chi connectivity index (χ0n) is 10.1. The van der Waals surface area contributed by atoms with Gasteiger partial charge < -0.3 is 15.4 Å². The molecule has 2 rings (SSSR count). The summed E-state index contributed by atoms with van der Waals surface area (Å²) >= 11 is 0. The van der Waals surface area contributed by atoms with Crippen LogP contribution in [-0.4, -0.2) is 26.3 Å². The molecule has 1 fully saturated rings. The van der Waals surface area contributed by atoms with Crippen LogP contribution in [-0.2, 0) is 4.74 Å². The molecule has 0 amide bonds. The molecule has 1 heterocycles. The van der Waals surface area contributed by atoms with E-state index in [4.69, 9.17) is 10.5 Å². The summed E-state index contributed by atoms with van der Waals surface area (Å²) in [6.45, 7) is 7.87. The number of nitrogen functional groups attached to an aromatic ring is 1. The molecular weight excluding hydrogens is 200 g/mol. The van der Waals surface area contributed by atoms with Crippen molar-refractivity contribution in [2.75, 3.05) is 36.9 Å². The second kappa shape index (κ2) is 4.74. The number of benzene rings is 1. The number of nitrogens with two attached hydrogens (primary N) is 1. The van der Waals surface area contributed by atoms with Crippen molar-refractivity contribution in [2.24, 2.45) is 0 Å². The maximum Gasteiger partial charge on any atom is 0.0642 e. The van der Waals surface area contributed by atoms with Crippen LogP contribution < -0.4 is 10.6 Å². The van der Waals surface area contributed by atoms with Gasteiger partial charge in [-0.05, 0) is 23.6 Å². The average Bonchev–Trinajstić information content (AvgIpc) is 2.30. The molecule has 0 saturated carbocycles. The molecule has 1 aromatic carbocycles. The van der Waals surface area contributed by atoms with Crippen LogP contribution in [0.15, 0.2) is 18.2 Å². The van der Waals surface area contributed by atoms with Crippen LogP contribution in [0.2, 0.25) is 0 Å². The van der Waals surface area contributed by atoms with Gasteiger partial charge in [-0.25, -0.2) is 0 Å². The lowest BCUT2D eigenvalue weighted by atomic mass is 10.0. The molecule has 0 bridgehead atoms. The van der Waals surface area contributed by atoms with E-state index in [1.54, 1.807) is 0 Å². The maximum absolute atomic E-state index is 6.04. The van der Waals surface area contributed by atoms with Crippen LogP contribution >= 0.6 is 0 Å². The predicted molar refractivity (Wildman–Crippen MR) is 68.0 cm³/mol. The molecule has 3 nitrogen and oxygen atoms in total. The summed E-state index contributed by atoms with van der Waals surface area (Å²) in [5.74, 6) is 0.542. The van der Waals surface area contributed by atoms with E-state index in [2.05, 4.69) is 30.9 Å². The van der Waals surface area contributed by atoms with E-state index in [1.165, 1.54) is 5.56 Å². The summed E-state index contributed by atoms with van der Waals surface area (Å²) in [7, 11) is 0. The molecule has 16 heavy (non-hydrogen) atoms. The van der Waals surface area contributed by atoms with E-state index in [9.17, 15) is 0 Å². The molecule has 1 aliphatic rings. The van der Waals surface area contributed by atoms with Gasteiger partial charge in [0.05, 0.1) is 24.6 Å². The molecule has 0 aromatic heterocycles. The van der Waals surface area contributed by atoms with Gasteiger partial charge in [-0.3, -0.25) is 0 Å². The molecule has 1 saturated heterocycles. The largest absolute Gasteiger partial charge is 0.397 e. The van der Waals surface area contributed by atoms with Crippen LogP contribution in [0.4, 0.5) is 11.4 Å². The summed E-state index contributed by atoms with van der Waals surface area (Å²) in [5.41, 5.74) is 9.41. The number of rotatable bonds is 2. The number of hydrogen-bond acceptors (Lipinski definition) is 3. The highest BCUT2D eigenvalue weighted by Gasteiger charge is 2.14. The van der Waals surface area contributed by atoms with Gasteiger partial charge in [-0.2, -0.15) is 0 Å². The van der Waals surface area contributed by atoms with Crippen molar-refractivity contribution in [3.8, 4) is 0 Å². The van der Waals surface area contributed by atoms with Gasteiger partial charge in [-0.1, -0.05) is 19.9 Å². The van der Waals surface area contributed by atoms with Gasteiger partial charge >= 0.3 is 0 Å². The van der Waals surface area contributed by atoms with E-state index in [0.717, 1.165) is 37.7 Å². The lowest BCUT2D eigenvalue weighted by Gasteiger charge is -2.30. The predicted octanol–water partition coefficient (Wildman–Crippen LogP) is 2.23. The van der Waals surface area contributed by atoms with Crippen molar-refractivity contribution in [3.05, 3.63) is 23.8 Å². The third-order valence-corrected chi connectivity index (χ3v) is 3.07. The highest BCUT2D eigenvalue weighted by molar-refractivity contribution is 5.69. The molecule has 0 spiro atoms. The first-order valence-corrected chi connectivity index (χ1v) is 5.90. The Morgan fingerprint density at radius 2 is 1.94 bits per heavy atom. The van der Waals surface area contributed by atoms with Crippen LogP contribution in [0.3, 0.4) is 0 Å². The first kappa shape index (κ1) is 11.3. The second-order valence-corrected chi connectivity index (χ2v) is 4.57. The Balaban J connectivity index is 2.27. The monoisotopic (exact) mass is 220 g/mol. The molecule has 2 N–H and O–H groups in total. The number of anilines is 2. The molecule has 1 aliphatic heterocycles. The van der Waals surface area contributed by atoms with Crippen molar-refractivity contribution in [3.63, 3.8) is 0 Å². The van der Waals surface area contributed by atoms with Crippen molar-refractivity contribution in [1.82, 2.24) is 0 Å². The van der Waals surface area contributed by atoms with Gasteiger partial charge in [0, 0.05) is 13.1 Å². The Hall–Kier alpha value is -1.22. The Kier molecular flexibility index (Phi) is 3.34. The van der Waals surface area contributed by atoms with E-state index < -0.39 is 0 Å². The Morgan fingerprint density at radius 3 is 2.56 bits per heavy atom. The topological polar surface area (TPSA) is 38.5 Å². The van der Waals surface area contributed by atoms with Gasteiger partial charge in [-0.15, -0.1) is 0 Å². The minimum absolute atomic E-state index is 0.542. The fraction of sp³-hybridized carbons (Fsp3) is 0.538. The molecule has 0 atom stereocenters. The molecule has 0 unspecified atom stereocenters. The summed E-state index contributed by atoms with van der Waals surface area (Å²) in [5, 5.41) is 0.